The van der Waals surface area contributed by atoms with E-state index < -0.39 is 0 Å². The molecule has 0 atom stereocenters. The summed E-state index contributed by atoms with van der Waals surface area (Å²) < 4.78 is 7.22. The van der Waals surface area contributed by atoms with Gasteiger partial charge in [-0.2, -0.15) is 5.10 Å². The zero-order chi connectivity index (χ0) is 15.9. The van der Waals surface area contributed by atoms with Gasteiger partial charge in [-0.1, -0.05) is 0 Å². The van der Waals surface area contributed by atoms with Gasteiger partial charge in [0.1, 0.15) is 0 Å². The minimum atomic E-state index is 0.504. The van der Waals surface area contributed by atoms with Crippen LogP contribution in [-0.4, -0.2) is 60.0 Å². The number of hydrogen-bond acceptors (Lipinski definition) is 4. The van der Waals surface area contributed by atoms with Gasteiger partial charge in [-0.3, -0.25) is 9.58 Å². The fourth-order valence-corrected chi connectivity index (χ4v) is 2.61. The Labute approximate surface area is 132 Å². The molecule has 0 saturated carbocycles. The predicted molar refractivity (Wildman–Crippen MR) is 87.9 cm³/mol. The standard InChI is InChI=1S/C15H28N6O/c1-12-14(13(2)20(3)19-12)11-18-15(16)17-5-4-6-21-7-9-22-10-8-21/h4-11H2,1-3H3,(H3,16,17,18). The molecule has 7 heteroatoms. The fraction of sp³-hybridized carbons (Fsp3) is 0.733. The van der Waals surface area contributed by atoms with Crippen molar-refractivity contribution in [1.82, 2.24) is 20.0 Å². The first kappa shape index (κ1) is 16.8. The Morgan fingerprint density at radius 3 is 2.73 bits per heavy atom. The van der Waals surface area contributed by atoms with Gasteiger partial charge in [0, 0.05) is 37.9 Å². The van der Waals surface area contributed by atoms with Crippen molar-refractivity contribution < 1.29 is 4.74 Å². The van der Waals surface area contributed by atoms with Crippen LogP contribution in [0.4, 0.5) is 0 Å². The molecule has 1 aromatic heterocycles. The first-order valence-electron chi connectivity index (χ1n) is 7.91. The molecule has 22 heavy (non-hydrogen) atoms. The Bertz CT molecular complexity index is 504. The SMILES string of the molecule is Cc1nn(C)c(C)c1CN=C(N)NCCCN1CCOCC1. The first-order chi connectivity index (χ1) is 10.6. The van der Waals surface area contributed by atoms with Crippen LogP contribution in [0.5, 0.6) is 0 Å². The molecule has 3 N–H and O–H groups in total. The Balaban J connectivity index is 1.69. The predicted octanol–water partition coefficient (Wildman–Crippen LogP) is 0.164. The molecule has 1 saturated heterocycles. The second-order valence-electron chi connectivity index (χ2n) is 5.71. The average molecular weight is 308 g/mol. The van der Waals surface area contributed by atoms with Gasteiger partial charge in [0.05, 0.1) is 25.5 Å². The second kappa shape index (κ2) is 8.14. The molecule has 0 aromatic carbocycles. The summed E-state index contributed by atoms with van der Waals surface area (Å²) in [6, 6.07) is 0. The third-order valence-electron chi connectivity index (χ3n) is 4.13. The van der Waals surface area contributed by atoms with E-state index in [9.17, 15) is 0 Å². The number of nitrogens with two attached hydrogens (primary N) is 1. The van der Waals surface area contributed by atoms with Crippen LogP contribution < -0.4 is 11.1 Å². The van der Waals surface area contributed by atoms with E-state index in [-0.39, 0.29) is 0 Å². The van der Waals surface area contributed by atoms with Gasteiger partial charge in [-0.15, -0.1) is 0 Å². The number of morpholine rings is 1. The van der Waals surface area contributed by atoms with E-state index in [1.807, 2.05) is 18.7 Å². The van der Waals surface area contributed by atoms with Crippen LogP contribution >= 0.6 is 0 Å². The Morgan fingerprint density at radius 2 is 2.09 bits per heavy atom. The smallest absolute Gasteiger partial charge is 0.188 e. The van der Waals surface area contributed by atoms with Crippen molar-refractivity contribution in [2.24, 2.45) is 17.8 Å². The Hall–Kier alpha value is -1.60. The molecule has 2 rings (SSSR count). The maximum Gasteiger partial charge on any atom is 0.188 e. The highest BCUT2D eigenvalue weighted by atomic mass is 16.5. The van der Waals surface area contributed by atoms with Crippen molar-refractivity contribution in [2.75, 3.05) is 39.4 Å². The van der Waals surface area contributed by atoms with Crippen LogP contribution in [0.2, 0.25) is 0 Å². The Morgan fingerprint density at radius 1 is 1.36 bits per heavy atom. The largest absolute Gasteiger partial charge is 0.379 e. The summed E-state index contributed by atoms with van der Waals surface area (Å²) >= 11 is 0. The third kappa shape index (κ3) is 4.71. The number of guanidine groups is 1. The first-order valence-corrected chi connectivity index (χ1v) is 7.91. The summed E-state index contributed by atoms with van der Waals surface area (Å²) in [4.78, 5) is 6.83. The van der Waals surface area contributed by atoms with Crippen LogP contribution in [0.3, 0.4) is 0 Å². The fourth-order valence-electron chi connectivity index (χ4n) is 2.61. The molecule has 0 spiro atoms. The van der Waals surface area contributed by atoms with Gasteiger partial charge in [-0.05, 0) is 26.8 Å². The highest BCUT2D eigenvalue weighted by Gasteiger charge is 2.10. The molecule has 0 aliphatic carbocycles. The summed E-state index contributed by atoms with van der Waals surface area (Å²) in [6.07, 6.45) is 1.06. The van der Waals surface area contributed by atoms with E-state index in [2.05, 4.69) is 27.2 Å². The van der Waals surface area contributed by atoms with E-state index in [1.165, 1.54) is 0 Å². The number of rotatable bonds is 6. The maximum atomic E-state index is 5.93. The topological polar surface area (TPSA) is 80.7 Å². The lowest BCUT2D eigenvalue weighted by Crippen LogP contribution is -2.39. The van der Waals surface area contributed by atoms with E-state index in [0.29, 0.717) is 12.5 Å². The lowest BCUT2D eigenvalue weighted by molar-refractivity contribution is 0.0376. The van der Waals surface area contributed by atoms with Crippen molar-refractivity contribution in [3.05, 3.63) is 17.0 Å². The molecule has 0 bridgehead atoms. The summed E-state index contributed by atoms with van der Waals surface area (Å²) in [5.74, 6) is 0.504. The van der Waals surface area contributed by atoms with Crippen molar-refractivity contribution in [1.29, 1.82) is 0 Å². The molecule has 2 heterocycles. The summed E-state index contributed by atoms with van der Waals surface area (Å²) in [5, 5.41) is 7.57. The van der Waals surface area contributed by atoms with Gasteiger partial charge in [-0.25, -0.2) is 4.99 Å². The number of hydrogen-bond donors (Lipinski definition) is 2. The molecule has 7 nitrogen and oxygen atoms in total. The summed E-state index contributed by atoms with van der Waals surface area (Å²) in [7, 11) is 1.95. The second-order valence-corrected chi connectivity index (χ2v) is 5.71. The van der Waals surface area contributed by atoms with Crippen molar-refractivity contribution in [3.8, 4) is 0 Å². The highest BCUT2D eigenvalue weighted by molar-refractivity contribution is 5.77. The van der Waals surface area contributed by atoms with Gasteiger partial charge in [0.15, 0.2) is 5.96 Å². The zero-order valence-electron chi connectivity index (χ0n) is 13.9. The molecule has 1 fully saturated rings. The lowest BCUT2D eigenvalue weighted by atomic mass is 10.2. The van der Waals surface area contributed by atoms with E-state index in [1.54, 1.807) is 0 Å². The van der Waals surface area contributed by atoms with Crippen LogP contribution in [0, 0.1) is 13.8 Å². The Kier molecular flexibility index (Phi) is 6.21. The zero-order valence-corrected chi connectivity index (χ0v) is 13.9. The minimum Gasteiger partial charge on any atom is -0.379 e. The van der Waals surface area contributed by atoms with Crippen molar-refractivity contribution in [2.45, 2.75) is 26.8 Å². The van der Waals surface area contributed by atoms with Gasteiger partial charge in [0.25, 0.3) is 0 Å². The van der Waals surface area contributed by atoms with E-state index in [0.717, 1.165) is 62.8 Å². The monoisotopic (exact) mass is 308 g/mol. The number of aliphatic imine (C=N–C) groups is 1. The summed E-state index contributed by atoms with van der Waals surface area (Å²) in [5.41, 5.74) is 9.24. The molecule has 0 unspecified atom stereocenters. The molecule has 1 aromatic rings. The van der Waals surface area contributed by atoms with Gasteiger partial charge < -0.3 is 15.8 Å². The van der Waals surface area contributed by atoms with Crippen LogP contribution in [0.1, 0.15) is 23.4 Å². The third-order valence-corrected chi connectivity index (χ3v) is 4.13. The van der Waals surface area contributed by atoms with E-state index >= 15 is 0 Å². The summed E-state index contributed by atoms with van der Waals surface area (Å²) in [6.45, 7) is 10.3. The van der Waals surface area contributed by atoms with Crippen LogP contribution in [0.15, 0.2) is 4.99 Å². The van der Waals surface area contributed by atoms with Crippen LogP contribution in [-0.2, 0) is 18.3 Å². The molecule has 0 amide bonds. The molecule has 1 aliphatic rings. The minimum absolute atomic E-state index is 0.504. The van der Waals surface area contributed by atoms with Gasteiger partial charge in [0.2, 0.25) is 0 Å². The van der Waals surface area contributed by atoms with Crippen LogP contribution in [0.25, 0.3) is 0 Å². The molecule has 1 aliphatic heterocycles. The van der Waals surface area contributed by atoms with Crippen molar-refractivity contribution in [3.63, 3.8) is 0 Å². The number of aryl methyl sites for hydroxylation is 2. The quantitative estimate of drug-likeness (QED) is 0.445. The average Bonchev–Trinajstić information content (AvgIpc) is 2.76. The molecular formula is C15H28N6O. The lowest BCUT2D eigenvalue weighted by Gasteiger charge is -2.26. The number of nitrogens with one attached hydrogen (secondary N) is 1. The number of ether oxygens (including phenoxy) is 1. The number of nitrogens with zero attached hydrogens (tertiary/aromatic N) is 4. The van der Waals surface area contributed by atoms with Crippen molar-refractivity contribution >= 4 is 5.96 Å². The molecular weight excluding hydrogens is 280 g/mol. The van der Waals surface area contributed by atoms with E-state index in [4.69, 9.17) is 10.5 Å². The van der Waals surface area contributed by atoms with Gasteiger partial charge >= 0.3 is 0 Å². The highest BCUT2D eigenvalue weighted by Crippen LogP contribution is 2.12. The molecule has 0 radical (unpaired) electrons. The molecule has 124 valence electrons. The normalized spacial score (nSPS) is 17.0. The maximum absolute atomic E-state index is 5.93. The number of aromatic nitrogens is 2.